The summed E-state index contributed by atoms with van der Waals surface area (Å²) in [5.74, 6) is 0.674. The lowest BCUT2D eigenvalue weighted by molar-refractivity contribution is 0.0682. The van der Waals surface area contributed by atoms with Gasteiger partial charge in [0.05, 0.1) is 6.54 Å². The second-order valence-electron chi connectivity index (χ2n) is 4.93. The summed E-state index contributed by atoms with van der Waals surface area (Å²) in [6, 6.07) is 6.82. The monoisotopic (exact) mass is 340 g/mol. The van der Waals surface area contributed by atoms with Gasteiger partial charge in [-0.3, -0.25) is 4.79 Å². The second kappa shape index (κ2) is 8.50. The van der Waals surface area contributed by atoms with Crippen LogP contribution in [0.2, 0.25) is 0 Å². The number of ether oxygens (including phenoxy) is 1. The highest BCUT2D eigenvalue weighted by Gasteiger charge is 2.18. The molecule has 0 bridgehead atoms. The van der Waals surface area contributed by atoms with Gasteiger partial charge in [-0.1, -0.05) is 11.2 Å². The van der Waals surface area contributed by atoms with Crippen molar-refractivity contribution < 1.29 is 14.1 Å². The maximum Gasteiger partial charge on any atom is 0.254 e. The number of rotatable bonds is 6. The molecule has 0 fully saturated rings. The number of carbonyl (C=O) groups excluding carboxylic acids is 1. The first-order valence-corrected chi connectivity index (χ1v) is 7.06. The molecular weight excluding hydrogens is 320 g/mol. The lowest BCUT2D eigenvalue weighted by atomic mass is 10.2. The normalized spacial score (nSPS) is 11.6. The number of anilines is 1. The smallest absolute Gasteiger partial charge is 0.254 e. The van der Waals surface area contributed by atoms with Crippen LogP contribution in [0, 0.1) is 0 Å². The molecule has 1 aromatic carbocycles. The SMILES string of the molecule is CCOC(C)c1noc(CN(C)C(=O)c2cccc(N)c2)n1.Cl. The van der Waals surface area contributed by atoms with Gasteiger partial charge in [-0.2, -0.15) is 4.98 Å². The molecule has 0 aliphatic carbocycles. The third-order valence-electron chi connectivity index (χ3n) is 3.12. The molecule has 2 rings (SSSR count). The summed E-state index contributed by atoms with van der Waals surface area (Å²) in [6.07, 6.45) is -0.238. The number of hydrogen-bond acceptors (Lipinski definition) is 6. The first-order valence-electron chi connectivity index (χ1n) is 7.06. The van der Waals surface area contributed by atoms with Crippen molar-refractivity contribution in [2.45, 2.75) is 26.5 Å². The number of amides is 1. The Morgan fingerprint density at radius 3 is 2.87 bits per heavy atom. The van der Waals surface area contributed by atoms with Gasteiger partial charge in [0.25, 0.3) is 5.91 Å². The number of nitrogen functional groups attached to an aromatic ring is 1. The van der Waals surface area contributed by atoms with Gasteiger partial charge in [-0.25, -0.2) is 0 Å². The Morgan fingerprint density at radius 2 is 2.22 bits per heavy atom. The molecule has 0 saturated carbocycles. The molecule has 7 nitrogen and oxygen atoms in total. The average Bonchev–Trinajstić information content (AvgIpc) is 2.95. The molecule has 1 unspecified atom stereocenters. The summed E-state index contributed by atoms with van der Waals surface area (Å²) >= 11 is 0. The Morgan fingerprint density at radius 1 is 1.48 bits per heavy atom. The van der Waals surface area contributed by atoms with E-state index < -0.39 is 0 Å². The molecule has 0 aliphatic rings. The van der Waals surface area contributed by atoms with Crippen molar-refractivity contribution in [3.05, 3.63) is 41.5 Å². The van der Waals surface area contributed by atoms with Crippen molar-refractivity contribution >= 4 is 24.0 Å². The predicted molar refractivity (Wildman–Crippen MR) is 88.2 cm³/mol. The third kappa shape index (κ3) is 4.94. The number of hydrogen-bond donors (Lipinski definition) is 1. The van der Waals surface area contributed by atoms with E-state index in [1.165, 1.54) is 4.90 Å². The van der Waals surface area contributed by atoms with Gasteiger partial charge in [0.2, 0.25) is 5.89 Å². The van der Waals surface area contributed by atoms with E-state index in [9.17, 15) is 4.79 Å². The van der Waals surface area contributed by atoms with Crippen molar-refractivity contribution in [3.8, 4) is 0 Å². The number of carbonyl (C=O) groups is 1. The Hall–Kier alpha value is -2.12. The van der Waals surface area contributed by atoms with Crippen molar-refractivity contribution in [3.63, 3.8) is 0 Å². The third-order valence-corrected chi connectivity index (χ3v) is 3.12. The minimum atomic E-state index is -0.238. The minimum absolute atomic E-state index is 0. The van der Waals surface area contributed by atoms with Crippen LogP contribution >= 0.6 is 12.4 Å². The van der Waals surface area contributed by atoms with E-state index in [0.29, 0.717) is 29.6 Å². The first-order chi connectivity index (χ1) is 10.5. The molecule has 8 heteroatoms. The molecule has 1 atom stereocenters. The van der Waals surface area contributed by atoms with Crippen LogP contribution < -0.4 is 5.73 Å². The van der Waals surface area contributed by atoms with Crippen molar-refractivity contribution in [1.29, 1.82) is 0 Å². The van der Waals surface area contributed by atoms with Gasteiger partial charge in [-0.05, 0) is 32.0 Å². The van der Waals surface area contributed by atoms with Crippen LogP contribution in [0.4, 0.5) is 5.69 Å². The van der Waals surface area contributed by atoms with E-state index in [2.05, 4.69) is 10.1 Å². The van der Waals surface area contributed by atoms with Crippen LogP contribution in [0.3, 0.4) is 0 Å². The fourth-order valence-corrected chi connectivity index (χ4v) is 1.99. The largest absolute Gasteiger partial charge is 0.399 e. The van der Waals surface area contributed by atoms with E-state index in [1.807, 2.05) is 13.8 Å². The molecule has 0 radical (unpaired) electrons. The lowest BCUT2D eigenvalue weighted by Crippen LogP contribution is -2.26. The van der Waals surface area contributed by atoms with Crippen LogP contribution in [-0.4, -0.2) is 34.6 Å². The molecule has 1 amide bonds. The molecule has 0 spiro atoms. The summed E-state index contributed by atoms with van der Waals surface area (Å²) < 4.78 is 10.5. The summed E-state index contributed by atoms with van der Waals surface area (Å²) in [6.45, 7) is 4.54. The molecule has 126 valence electrons. The van der Waals surface area contributed by atoms with Crippen molar-refractivity contribution in [1.82, 2.24) is 15.0 Å². The summed E-state index contributed by atoms with van der Waals surface area (Å²) in [7, 11) is 1.67. The van der Waals surface area contributed by atoms with E-state index in [-0.39, 0.29) is 31.0 Å². The Labute approximate surface area is 141 Å². The number of benzene rings is 1. The summed E-state index contributed by atoms with van der Waals surface area (Å²) in [4.78, 5) is 18.0. The predicted octanol–water partition coefficient (Wildman–Crippen LogP) is 2.44. The zero-order valence-corrected chi connectivity index (χ0v) is 14.2. The highest BCUT2D eigenvalue weighted by Crippen LogP contribution is 2.14. The second-order valence-corrected chi connectivity index (χ2v) is 4.93. The minimum Gasteiger partial charge on any atom is -0.399 e. The molecule has 2 aromatic rings. The van der Waals surface area contributed by atoms with E-state index in [0.717, 1.165) is 0 Å². The summed E-state index contributed by atoms with van der Waals surface area (Å²) in [5, 5.41) is 3.86. The molecule has 1 aromatic heterocycles. The van der Waals surface area contributed by atoms with Gasteiger partial charge in [-0.15, -0.1) is 12.4 Å². The Kier molecular flexibility index (Phi) is 6.99. The maximum absolute atomic E-state index is 12.3. The van der Waals surface area contributed by atoms with Crippen LogP contribution in [0.5, 0.6) is 0 Å². The number of nitrogens with two attached hydrogens (primary N) is 1. The van der Waals surface area contributed by atoms with Gasteiger partial charge in [0, 0.05) is 24.9 Å². The molecule has 0 saturated heterocycles. The van der Waals surface area contributed by atoms with Gasteiger partial charge in [0.1, 0.15) is 6.10 Å². The quantitative estimate of drug-likeness (QED) is 0.811. The molecule has 1 heterocycles. The van der Waals surface area contributed by atoms with E-state index >= 15 is 0 Å². The van der Waals surface area contributed by atoms with Crippen LogP contribution in [0.15, 0.2) is 28.8 Å². The van der Waals surface area contributed by atoms with Gasteiger partial charge in [0.15, 0.2) is 5.82 Å². The van der Waals surface area contributed by atoms with Crippen LogP contribution in [0.1, 0.15) is 42.0 Å². The highest BCUT2D eigenvalue weighted by molar-refractivity contribution is 5.94. The zero-order valence-electron chi connectivity index (χ0n) is 13.4. The topological polar surface area (TPSA) is 94.5 Å². The van der Waals surface area contributed by atoms with Gasteiger partial charge < -0.3 is 19.9 Å². The molecular formula is C15H21ClN4O3. The zero-order chi connectivity index (χ0) is 16.1. The fourth-order valence-electron chi connectivity index (χ4n) is 1.99. The Balaban J connectivity index is 0.00000264. The number of nitrogens with zero attached hydrogens (tertiary/aromatic N) is 3. The van der Waals surface area contributed by atoms with Gasteiger partial charge >= 0.3 is 0 Å². The average molecular weight is 341 g/mol. The number of aromatic nitrogens is 2. The van der Waals surface area contributed by atoms with Crippen molar-refractivity contribution in [2.75, 3.05) is 19.4 Å². The standard InChI is InChI=1S/C15H20N4O3.ClH/c1-4-21-10(2)14-17-13(22-18-14)9-19(3)15(20)11-6-5-7-12(16)8-11;/h5-8,10H,4,9,16H2,1-3H3;1H. The maximum atomic E-state index is 12.3. The molecule has 2 N–H and O–H groups in total. The van der Waals surface area contributed by atoms with Crippen LogP contribution in [-0.2, 0) is 11.3 Å². The summed E-state index contributed by atoms with van der Waals surface area (Å²) in [5.41, 5.74) is 6.75. The lowest BCUT2D eigenvalue weighted by Gasteiger charge is -2.14. The first kappa shape index (κ1) is 18.9. The molecule has 0 aliphatic heterocycles. The van der Waals surface area contributed by atoms with E-state index in [4.69, 9.17) is 15.0 Å². The number of halogens is 1. The Bertz CT molecular complexity index is 647. The van der Waals surface area contributed by atoms with Crippen molar-refractivity contribution in [2.24, 2.45) is 0 Å². The van der Waals surface area contributed by atoms with E-state index in [1.54, 1.807) is 31.3 Å². The highest BCUT2D eigenvalue weighted by atomic mass is 35.5. The van der Waals surface area contributed by atoms with Crippen LogP contribution in [0.25, 0.3) is 0 Å². The fraction of sp³-hybridized carbons (Fsp3) is 0.400. The molecule has 23 heavy (non-hydrogen) atoms.